The molecule has 0 bridgehead atoms. The Kier molecular flexibility index (Phi) is 6.06. The first kappa shape index (κ1) is 21.3. The zero-order chi connectivity index (χ0) is 21.9. The van der Waals surface area contributed by atoms with E-state index in [4.69, 9.17) is 4.74 Å². The number of rotatable bonds is 7. The summed E-state index contributed by atoms with van der Waals surface area (Å²) < 4.78 is 48.3. The number of carbonyl (C=O) groups excluding carboxylic acids is 1. The maximum atomic E-state index is 13.3. The highest BCUT2D eigenvalue weighted by molar-refractivity contribution is 7.92. The SMILES string of the molecule is CC(=O)Nc1ccc(S(=O)(=O)Nc2c(C)nn(COc3cccc(F)c3)c2C)cc1. The fraction of sp³-hybridized carbons (Fsp3) is 0.200. The van der Waals surface area contributed by atoms with Gasteiger partial charge in [-0.1, -0.05) is 6.07 Å². The van der Waals surface area contributed by atoms with Crippen LogP contribution in [0.1, 0.15) is 18.3 Å². The summed E-state index contributed by atoms with van der Waals surface area (Å²) in [5.74, 6) is -0.328. The molecule has 0 saturated heterocycles. The van der Waals surface area contributed by atoms with Crippen LogP contribution in [0.25, 0.3) is 0 Å². The average Bonchev–Trinajstić information content (AvgIpc) is 2.93. The highest BCUT2D eigenvalue weighted by Crippen LogP contribution is 2.24. The first-order chi connectivity index (χ1) is 14.2. The largest absolute Gasteiger partial charge is 0.471 e. The lowest BCUT2D eigenvalue weighted by Crippen LogP contribution is -2.15. The third-order valence-electron chi connectivity index (χ3n) is 4.25. The lowest BCUT2D eigenvalue weighted by Gasteiger charge is -2.11. The fourth-order valence-electron chi connectivity index (χ4n) is 2.78. The fourth-order valence-corrected chi connectivity index (χ4v) is 3.95. The van der Waals surface area contributed by atoms with Crippen molar-refractivity contribution in [1.82, 2.24) is 9.78 Å². The summed E-state index contributed by atoms with van der Waals surface area (Å²) in [6.07, 6.45) is 0. The van der Waals surface area contributed by atoms with E-state index in [1.807, 2.05) is 0 Å². The third-order valence-corrected chi connectivity index (χ3v) is 5.62. The molecule has 0 spiro atoms. The van der Waals surface area contributed by atoms with Gasteiger partial charge in [0, 0.05) is 18.7 Å². The number of anilines is 2. The quantitative estimate of drug-likeness (QED) is 0.596. The molecule has 2 N–H and O–H groups in total. The van der Waals surface area contributed by atoms with Crippen molar-refractivity contribution in [2.45, 2.75) is 32.4 Å². The highest BCUT2D eigenvalue weighted by atomic mass is 32.2. The molecule has 8 nitrogen and oxygen atoms in total. The number of aryl methyl sites for hydroxylation is 1. The van der Waals surface area contributed by atoms with Crippen molar-refractivity contribution in [2.75, 3.05) is 10.0 Å². The van der Waals surface area contributed by atoms with Gasteiger partial charge in [0.15, 0.2) is 6.73 Å². The van der Waals surface area contributed by atoms with Gasteiger partial charge in [-0.3, -0.25) is 9.52 Å². The van der Waals surface area contributed by atoms with Gasteiger partial charge < -0.3 is 10.1 Å². The number of nitrogens with one attached hydrogen (secondary N) is 2. The molecule has 1 amide bonds. The van der Waals surface area contributed by atoms with Crippen molar-refractivity contribution in [2.24, 2.45) is 0 Å². The molecular formula is C20H21FN4O4S. The molecule has 1 heterocycles. The molecule has 2 aromatic carbocycles. The summed E-state index contributed by atoms with van der Waals surface area (Å²) in [6, 6.07) is 11.5. The van der Waals surface area contributed by atoms with E-state index in [9.17, 15) is 17.6 Å². The molecule has 0 aliphatic rings. The van der Waals surface area contributed by atoms with Gasteiger partial charge in [0.1, 0.15) is 11.6 Å². The Balaban J connectivity index is 1.76. The van der Waals surface area contributed by atoms with Crippen LogP contribution >= 0.6 is 0 Å². The van der Waals surface area contributed by atoms with E-state index in [-0.39, 0.29) is 17.5 Å². The summed E-state index contributed by atoms with van der Waals surface area (Å²) in [5.41, 5.74) is 1.84. The van der Waals surface area contributed by atoms with Crippen LogP contribution in [0.5, 0.6) is 5.75 Å². The molecule has 0 atom stereocenters. The molecule has 158 valence electrons. The van der Waals surface area contributed by atoms with Crippen molar-refractivity contribution in [3.05, 3.63) is 65.7 Å². The van der Waals surface area contributed by atoms with Crippen molar-refractivity contribution in [1.29, 1.82) is 0 Å². The van der Waals surface area contributed by atoms with Crippen molar-refractivity contribution >= 4 is 27.3 Å². The molecule has 1 aromatic heterocycles. The summed E-state index contributed by atoms with van der Waals surface area (Å²) in [5, 5.41) is 6.88. The number of hydrogen-bond donors (Lipinski definition) is 2. The Labute approximate surface area is 173 Å². The lowest BCUT2D eigenvalue weighted by atomic mass is 10.3. The molecule has 0 saturated carbocycles. The van der Waals surface area contributed by atoms with Crippen LogP contribution in [0.15, 0.2) is 53.4 Å². The molecule has 0 aliphatic heterocycles. The van der Waals surface area contributed by atoms with Crippen LogP contribution in [0, 0.1) is 19.7 Å². The minimum absolute atomic E-state index is 0.0106. The van der Waals surface area contributed by atoms with Gasteiger partial charge in [-0.25, -0.2) is 17.5 Å². The van der Waals surface area contributed by atoms with Gasteiger partial charge in [-0.2, -0.15) is 5.10 Å². The summed E-state index contributed by atoms with van der Waals surface area (Å²) in [7, 11) is -3.87. The van der Waals surface area contributed by atoms with Crippen LogP contribution in [-0.2, 0) is 21.5 Å². The van der Waals surface area contributed by atoms with Crippen molar-refractivity contribution in [3.63, 3.8) is 0 Å². The van der Waals surface area contributed by atoms with Crippen molar-refractivity contribution < 1.29 is 22.3 Å². The topological polar surface area (TPSA) is 102 Å². The van der Waals surface area contributed by atoms with Gasteiger partial charge in [0.2, 0.25) is 5.91 Å². The Morgan fingerprint density at radius 3 is 2.50 bits per heavy atom. The highest BCUT2D eigenvalue weighted by Gasteiger charge is 2.20. The van der Waals surface area contributed by atoms with E-state index in [0.717, 1.165) is 0 Å². The maximum absolute atomic E-state index is 13.3. The maximum Gasteiger partial charge on any atom is 0.262 e. The molecule has 3 rings (SSSR count). The first-order valence-electron chi connectivity index (χ1n) is 8.98. The first-order valence-corrected chi connectivity index (χ1v) is 10.5. The second-order valence-corrected chi connectivity index (χ2v) is 8.27. The number of benzene rings is 2. The Morgan fingerprint density at radius 1 is 1.17 bits per heavy atom. The second-order valence-electron chi connectivity index (χ2n) is 6.59. The van der Waals surface area contributed by atoms with E-state index in [2.05, 4.69) is 15.1 Å². The molecule has 10 heteroatoms. The molecule has 30 heavy (non-hydrogen) atoms. The smallest absolute Gasteiger partial charge is 0.262 e. The van der Waals surface area contributed by atoms with E-state index < -0.39 is 15.8 Å². The molecule has 0 radical (unpaired) electrons. The average molecular weight is 432 g/mol. The van der Waals surface area contributed by atoms with E-state index >= 15 is 0 Å². The van der Waals surface area contributed by atoms with Gasteiger partial charge >= 0.3 is 0 Å². The number of nitrogens with zero attached hydrogens (tertiary/aromatic N) is 2. The Hall–Kier alpha value is -3.40. The number of hydrogen-bond acceptors (Lipinski definition) is 5. The molecule has 0 aliphatic carbocycles. The minimum atomic E-state index is -3.87. The minimum Gasteiger partial charge on any atom is -0.471 e. The van der Waals surface area contributed by atoms with E-state index in [0.29, 0.717) is 28.5 Å². The van der Waals surface area contributed by atoms with Crippen LogP contribution < -0.4 is 14.8 Å². The number of aromatic nitrogens is 2. The predicted octanol–water partition coefficient (Wildman–Crippen LogP) is 3.43. The van der Waals surface area contributed by atoms with Gasteiger partial charge in [0.05, 0.1) is 22.0 Å². The zero-order valence-corrected chi connectivity index (χ0v) is 17.5. The summed E-state index contributed by atoms with van der Waals surface area (Å²) in [4.78, 5) is 11.1. The predicted molar refractivity (Wildman–Crippen MR) is 110 cm³/mol. The van der Waals surface area contributed by atoms with E-state index in [1.165, 1.54) is 54.1 Å². The Bertz CT molecular complexity index is 1170. The van der Waals surface area contributed by atoms with E-state index in [1.54, 1.807) is 19.9 Å². The Morgan fingerprint density at radius 2 is 1.87 bits per heavy atom. The molecule has 0 unspecified atom stereocenters. The van der Waals surface area contributed by atoms with Gasteiger partial charge in [0.25, 0.3) is 10.0 Å². The molecule has 0 fully saturated rings. The van der Waals surface area contributed by atoms with Gasteiger partial charge in [-0.15, -0.1) is 0 Å². The number of amides is 1. The zero-order valence-electron chi connectivity index (χ0n) is 16.6. The molecular weight excluding hydrogens is 411 g/mol. The number of sulfonamides is 1. The number of carbonyl (C=O) groups is 1. The second kappa shape index (κ2) is 8.54. The summed E-state index contributed by atoms with van der Waals surface area (Å²) in [6.45, 7) is 4.73. The van der Waals surface area contributed by atoms with Crippen molar-refractivity contribution in [3.8, 4) is 5.75 Å². The normalized spacial score (nSPS) is 11.2. The van der Waals surface area contributed by atoms with Crippen LogP contribution in [0.2, 0.25) is 0 Å². The number of ether oxygens (including phenoxy) is 1. The summed E-state index contributed by atoms with van der Waals surface area (Å²) >= 11 is 0. The number of halogens is 1. The molecule has 3 aromatic rings. The lowest BCUT2D eigenvalue weighted by molar-refractivity contribution is -0.114. The van der Waals surface area contributed by atoms with Gasteiger partial charge in [-0.05, 0) is 50.2 Å². The van der Waals surface area contributed by atoms with Crippen LogP contribution in [-0.4, -0.2) is 24.1 Å². The van der Waals surface area contributed by atoms with Crippen LogP contribution in [0.4, 0.5) is 15.8 Å². The monoisotopic (exact) mass is 432 g/mol. The van der Waals surface area contributed by atoms with Crippen LogP contribution in [0.3, 0.4) is 0 Å². The standard InChI is InChI=1S/C20H21FN4O4S/c1-13-20(14(2)25(23-13)12-29-18-6-4-5-16(21)11-18)24-30(27,28)19-9-7-17(8-10-19)22-15(3)26/h4-11,24H,12H2,1-3H3,(H,22,26). The third kappa shape index (κ3) is 4.95.